The average Bonchev–Trinajstić information content (AvgIpc) is 2.37. The minimum absolute atomic E-state index is 0.00468. The second-order valence-corrected chi connectivity index (χ2v) is 4.34. The van der Waals surface area contributed by atoms with Crippen molar-refractivity contribution < 1.29 is 4.79 Å². The fraction of sp³-hybridized carbons (Fsp3) is 0.500. The highest BCUT2D eigenvalue weighted by Gasteiger charge is 2.08. The van der Waals surface area contributed by atoms with Gasteiger partial charge in [-0.2, -0.15) is 0 Å². The third kappa shape index (κ3) is 3.77. The minimum Gasteiger partial charge on any atom is -0.375 e. The van der Waals surface area contributed by atoms with Crippen molar-refractivity contribution in [2.45, 2.75) is 33.2 Å². The molecule has 1 N–H and O–H groups in total. The number of benzene rings is 1. The first-order valence-corrected chi connectivity index (χ1v) is 6.20. The fourth-order valence-corrected chi connectivity index (χ4v) is 1.46. The number of hydrogen-bond acceptors (Lipinski definition) is 2. The van der Waals surface area contributed by atoms with E-state index in [-0.39, 0.29) is 11.9 Å². The summed E-state index contributed by atoms with van der Waals surface area (Å²) in [5.41, 5.74) is 1.85. The van der Waals surface area contributed by atoms with E-state index in [1.54, 1.807) is 0 Å². The van der Waals surface area contributed by atoms with Gasteiger partial charge in [-0.1, -0.05) is 6.92 Å². The van der Waals surface area contributed by atoms with Crippen molar-refractivity contribution in [2.24, 2.45) is 0 Å². The summed E-state index contributed by atoms with van der Waals surface area (Å²) < 4.78 is 0. The molecule has 0 radical (unpaired) electrons. The third-order valence-corrected chi connectivity index (χ3v) is 3.03. The Kier molecular flexibility index (Phi) is 5.01. The molecule has 0 saturated heterocycles. The maximum atomic E-state index is 11.8. The van der Waals surface area contributed by atoms with Gasteiger partial charge in [0, 0.05) is 30.9 Å². The molecule has 0 fully saturated rings. The van der Waals surface area contributed by atoms with Crippen molar-refractivity contribution in [3.05, 3.63) is 29.8 Å². The molecule has 94 valence electrons. The Bertz CT molecular complexity index is 359. The molecule has 3 nitrogen and oxygen atoms in total. The van der Waals surface area contributed by atoms with Gasteiger partial charge in [0.05, 0.1) is 0 Å². The first-order chi connectivity index (χ1) is 8.08. The van der Waals surface area contributed by atoms with Gasteiger partial charge in [0.15, 0.2) is 0 Å². The summed E-state index contributed by atoms with van der Waals surface area (Å²) in [5.74, 6) is 0.00468. The zero-order chi connectivity index (χ0) is 12.8. The minimum atomic E-state index is 0.00468. The summed E-state index contributed by atoms with van der Waals surface area (Å²) in [4.78, 5) is 14.0. The van der Waals surface area contributed by atoms with Gasteiger partial charge < -0.3 is 10.2 Å². The van der Waals surface area contributed by atoms with E-state index in [1.807, 2.05) is 38.2 Å². The number of hydrogen-bond donors (Lipinski definition) is 1. The van der Waals surface area contributed by atoms with Crippen molar-refractivity contribution in [3.8, 4) is 0 Å². The number of nitrogens with zero attached hydrogens (tertiary/aromatic N) is 1. The lowest BCUT2D eigenvalue weighted by atomic mass is 10.1. The quantitative estimate of drug-likeness (QED) is 0.849. The number of carbonyl (C=O) groups excluding carboxylic acids is 1. The largest absolute Gasteiger partial charge is 0.375 e. The number of anilines is 1. The van der Waals surface area contributed by atoms with Crippen LogP contribution in [0.1, 0.15) is 37.6 Å². The second kappa shape index (κ2) is 6.28. The highest BCUT2D eigenvalue weighted by molar-refractivity contribution is 5.94. The van der Waals surface area contributed by atoms with Crippen LogP contribution in [0.25, 0.3) is 0 Å². The van der Waals surface area contributed by atoms with Crippen molar-refractivity contribution in [2.75, 3.05) is 18.5 Å². The average molecular weight is 234 g/mol. The number of nitrogens with one attached hydrogen (secondary N) is 1. The molecular weight excluding hydrogens is 212 g/mol. The third-order valence-electron chi connectivity index (χ3n) is 3.03. The zero-order valence-electron chi connectivity index (χ0n) is 11.2. The monoisotopic (exact) mass is 234 g/mol. The van der Waals surface area contributed by atoms with E-state index in [1.165, 1.54) is 0 Å². The molecule has 1 amide bonds. The number of carbonyl (C=O) groups is 1. The molecule has 1 rings (SSSR count). The first-order valence-electron chi connectivity index (χ1n) is 6.20. The van der Waals surface area contributed by atoms with Crippen LogP contribution >= 0.6 is 0 Å². The van der Waals surface area contributed by atoms with E-state index in [0.717, 1.165) is 24.2 Å². The van der Waals surface area contributed by atoms with Crippen molar-refractivity contribution in [1.82, 2.24) is 5.32 Å². The van der Waals surface area contributed by atoms with Gasteiger partial charge in [0.25, 0.3) is 5.91 Å². The SMILES string of the molecule is CCC(C)NC(=O)c1ccc(N(C)CC)cc1. The molecule has 0 aliphatic carbocycles. The zero-order valence-corrected chi connectivity index (χ0v) is 11.2. The van der Waals surface area contributed by atoms with E-state index < -0.39 is 0 Å². The van der Waals surface area contributed by atoms with E-state index in [9.17, 15) is 4.79 Å². The summed E-state index contributed by atoms with van der Waals surface area (Å²) in [5, 5.41) is 2.96. The van der Waals surface area contributed by atoms with Crippen LogP contribution in [-0.4, -0.2) is 25.5 Å². The van der Waals surface area contributed by atoms with Crippen LogP contribution in [0.3, 0.4) is 0 Å². The predicted octanol–water partition coefficient (Wildman–Crippen LogP) is 2.67. The van der Waals surface area contributed by atoms with Crippen molar-refractivity contribution >= 4 is 11.6 Å². The van der Waals surface area contributed by atoms with Crippen LogP contribution in [-0.2, 0) is 0 Å². The summed E-state index contributed by atoms with van der Waals surface area (Å²) in [7, 11) is 2.04. The normalized spacial score (nSPS) is 12.0. The van der Waals surface area contributed by atoms with Gasteiger partial charge in [-0.05, 0) is 44.5 Å². The molecule has 3 heteroatoms. The maximum absolute atomic E-state index is 11.8. The van der Waals surface area contributed by atoms with E-state index in [2.05, 4.69) is 24.1 Å². The lowest BCUT2D eigenvalue weighted by Crippen LogP contribution is -2.31. The van der Waals surface area contributed by atoms with Crippen LogP contribution in [0.2, 0.25) is 0 Å². The van der Waals surface area contributed by atoms with Crippen LogP contribution in [0, 0.1) is 0 Å². The van der Waals surface area contributed by atoms with Gasteiger partial charge in [-0.25, -0.2) is 0 Å². The molecule has 0 aliphatic heterocycles. The lowest BCUT2D eigenvalue weighted by Gasteiger charge is -2.17. The highest BCUT2D eigenvalue weighted by atomic mass is 16.1. The van der Waals surface area contributed by atoms with Gasteiger partial charge in [-0.15, -0.1) is 0 Å². The molecule has 0 aliphatic rings. The van der Waals surface area contributed by atoms with E-state index in [0.29, 0.717) is 0 Å². The Morgan fingerprint density at radius 2 is 1.88 bits per heavy atom. The number of amides is 1. The topological polar surface area (TPSA) is 32.3 Å². The molecule has 1 aromatic carbocycles. The van der Waals surface area contributed by atoms with Gasteiger partial charge in [-0.3, -0.25) is 4.79 Å². The lowest BCUT2D eigenvalue weighted by molar-refractivity contribution is 0.0939. The van der Waals surface area contributed by atoms with Crippen molar-refractivity contribution in [3.63, 3.8) is 0 Å². The molecular formula is C14H22N2O. The maximum Gasteiger partial charge on any atom is 0.251 e. The number of rotatable bonds is 5. The Hall–Kier alpha value is -1.51. The Labute approximate surface area is 104 Å². The van der Waals surface area contributed by atoms with E-state index >= 15 is 0 Å². The van der Waals surface area contributed by atoms with Gasteiger partial charge >= 0.3 is 0 Å². The molecule has 0 aromatic heterocycles. The summed E-state index contributed by atoms with van der Waals surface area (Å²) >= 11 is 0. The Morgan fingerprint density at radius 1 is 1.29 bits per heavy atom. The molecule has 1 atom stereocenters. The molecule has 0 spiro atoms. The van der Waals surface area contributed by atoms with Crippen LogP contribution in [0.4, 0.5) is 5.69 Å². The summed E-state index contributed by atoms with van der Waals surface area (Å²) in [6.45, 7) is 7.13. The van der Waals surface area contributed by atoms with Crippen LogP contribution < -0.4 is 10.2 Å². The second-order valence-electron chi connectivity index (χ2n) is 4.34. The first kappa shape index (κ1) is 13.6. The highest BCUT2D eigenvalue weighted by Crippen LogP contribution is 2.13. The Morgan fingerprint density at radius 3 is 2.35 bits per heavy atom. The smallest absolute Gasteiger partial charge is 0.251 e. The predicted molar refractivity (Wildman–Crippen MR) is 72.6 cm³/mol. The molecule has 0 saturated carbocycles. The van der Waals surface area contributed by atoms with Crippen molar-refractivity contribution in [1.29, 1.82) is 0 Å². The van der Waals surface area contributed by atoms with Gasteiger partial charge in [0.2, 0.25) is 0 Å². The molecule has 17 heavy (non-hydrogen) atoms. The molecule has 1 aromatic rings. The standard InChI is InChI=1S/C14H22N2O/c1-5-11(3)15-14(17)12-7-9-13(10-8-12)16(4)6-2/h7-11H,5-6H2,1-4H3,(H,15,17). The summed E-state index contributed by atoms with van der Waals surface area (Å²) in [6, 6.07) is 7.93. The Balaban J connectivity index is 2.70. The van der Waals surface area contributed by atoms with Crippen LogP contribution in [0.15, 0.2) is 24.3 Å². The molecule has 0 heterocycles. The van der Waals surface area contributed by atoms with E-state index in [4.69, 9.17) is 0 Å². The molecule has 1 unspecified atom stereocenters. The van der Waals surface area contributed by atoms with Gasteiger partial charge in [0.1, 0.15) is 0 Å². The summed E-state index contributed by atoms with van der Waals surface area (Å²) in [6.07, 6.45) is 0.947. The molecule has 0 bridgehead atoms. The fourth-order valence-electron chi connectivity index (χ4n) is 1.46. The van der Waals surface area contributed by atoms with Crippen LogP contribution in [0.5, 0.6) is 0 Å².